The third-order valence-corrected chi connectivity index (χ3v) is 4.93. The molecule has 29 heavy (non-hydrogen) atoms. The number of nitro benzene ring substituents is 1. The van der Waals surface area contributed by atoms with Crippen molar-refractivity contribution in [1.82, 2.24) is 0 Å². The highest BCUT2D eigenvalue weighted by Gasteiger charge is 2.32. The van der Waals surface area contributed by atoms with Gasteiger partial charge in [0.25, 0.3) is 11.6 Å². The van der Waals surface area contributed by atoms with E-state index in [2.05, 4.69) is 5.32 Å². The zero-order valence-corrected chi connectivity index (χ0v) is 15.8. The van der Waals surface area contributed by atoms with Crippen LogP contribution in [0.1, 0.15) is 40.7 Å². The molecule has 1 heterocycles. The molecule has 154 valence electrons. The number of rotatable bonds is 4. The number of aryl methyl sites for hydroxylation is 1. The van der Waals surface area contributed by atoms with Gasteiger partial charge in [0.2, 0.25) is 0 Å². The number of carbonyl (C=O) groups excluding carboxylic acids is 1. The lowest BCUT2D eigenvalue weighted by molar-refractivity contribution is -0.385. The number of para-hydroxylation sites is 1. The highest BCUT2D eigenvalue weighted by atomic mass is 19.4. The fourth-order valence-corrected chi connectivity index (χ4v) is 3.50. The fraction of sp³-hybridized carbons (Fsp3) is 0.350. The van der Waals surface area contributed by atoms with Crippen LogP contribution in [0, 0.1) is 17.0 Å². The maximum Gasteiger partial charge on any atom is 0.416 e. The molecule has 0 aromatic heterocycles. The van der Waals surface area contributed by atoms with Crippen molar-refractivity contribution in [3.05, 3.63) is 63.2 Å². The maximum atomic E-state index is 13.2. The molecule has 1 amide bonds. The Kier molecular flexibility index (Phi) is 5.76. The lowest BCUT2D eigenvalue weighted by Crippen LogP contribution is -2.30. The topological polar surface area (TPSA) is 75.5 Å². The molecule has 2 aromatic carbocycles. The summed E-state index contributed by atoms with van der Waals surface area (Å²) in [5, 5.41) is 13.8. The van der Waals surface area contributed by atoms with Crippen LogP contribution in [0.25, 0.3) is 0 Å². The van der Waals surface area contributed by atoms with E-state index in [4.69, 9.17) is 0 Å². The van der Waals surface area contributed by atoms with Gasteiger partial charge in [-0.1, -0.05) is 12.1 Å². The maximum absolute atomic E-state index is 13.2. The first-order chi connectivity index (χ1) is 13.7. The van der Waals surface area contributed by atoms with Gasteiger partial charge in [0.1, 0.15) is 5.56 Å². The van der Waals surface area contributed by atoms with Crippen molar-refractivity contribution in [3.63, 3.8) is 0 Å². The van der Waals surface area contributed by atoms with Crippen LogP contribution in [-0.2, 0) is 6.18 Å². The lowest BCUT2D eigenvalue weighted by atomic mass is 10.1. The largest absolute Gasteiger partial charge is 0.416 e. The number of piperidine rings is 1. The summed E-state index contributed by atoms with van der Waals surface area (Å²) in [7, 11) is 0. The van der Waals surface area contributed by atoms with Crippen LogP contribution >= 0.6 is 0 Å². The van der Waals surface area contributed by atoms with Gasteiger partial charge in [0.05, 0.1) is 21.9 Å². The quantitative estimate of drug-likeness (QED) is 0.561. The van der Waals surface area contributed by atoms with E-state index in [0.717, 1.165) is 31.4 Å². The summed E-state index contributed by atoms with van der Waals surface area (Å²) in [5.74, 6) is -0.821. The predicted octanol–water partition coefficient (Wildman–Crippen LogP) is 5.16. The number of halogens is 3. The smallest absolute Gasteiger partial charge is 0.370 e. The van der Waals surface area contributed by atoms with Gasteiger partial charge in [-0.3, -0.25) is 14.9 Å². The molecule has 0 unspecified atom stereocenters. The second-order valence-electron chi connectivity index (χ2n) is 6.96. The number of amides is 1. The normalized spacial score (nSPS) is 14.6. The van der Waals surface area contributed by atoms with E-state index in [1.54, 1.807) is 0 Å². The number of nitrogens with one attached hydrogen (secondary N) is 1. The minimum Gasteiger partial charge on any atom is -0.370 e. The zero-order chi connectivity index (χ0) is 21.2. The Morgan fingerprint density at radius 3 is 2.45 bits per heavy atom. The lowest BCUT2D eigenvalue weighted by Gasteiger charge is -2.31. The average Bonchev–Trinajstić information content (AvgIpc) is 2.67. The van der Waals surface area contributed by atoms with E-state index in [1.165, 1.54) is 31.2 Å². The molecule has 0 atom stereocenters. The van der Waals surface area contributed by atoms with Gasteiger partial charge in [-0.2, -0.15) is 13.2 Å². The Labute approximate surface area is 165 Å². The fourth-order valence-electron chi connectivity index (χ4n) is 3.50. The van der Waals surface area contributed by atoms with Gasteiger partial charge in [0.15, 0.2) is 0 Å². The summed E-state index contributed by atoms with van der Waals surface area (Å²) >= 11 is 0. The molecule has 1 aliphatic rings. The van der Waals surface area contributed by atoms with Crippen LogP contribution in [0.4, 0.5) is 30.2 Å². The Bertz CT molecular complexity index is 938. The number of nitro groups is 1. The summed E-state index contributed by atoms with van der Waals surface area (Å²) in [4.78, 5) is 25.4. The number of hydrogen-bond donors (Lipinski definition) is 1. The molecule has 2 aromatic rings. The number of nitrogens with zero attached hydrogens (tertiary/aromatic N) is 2. The number of anilines is 2. The molecular weight excluding hydrogens is 387 g/mol. The number of alkyl halides is 3. The van der Waals surface area contributed by atoms with Crippen LogP contribution in [0.3, 0.4) is 0 Å². The molecular formula is C20H20F3N3O3. The van der Waals surface area contributed by atoms with E-state index < -0.39 is 22.6 Å². The third kappa shape index (κ3) is 4.49. The predicted molar refractivity (Wildman–Crippen MR) is 103 cm³/mol. The first-order valence-corrected chi connectivity index (χ1v) is 9.20. The molecule has 0 saturated carbocycles. The van der Waals surface area contributed by atoms with Crippen LogP contribution in [-0.4, -0.2) is 23.9 Å². The Hall–Kier alpha value is -3.10. The molecule has 9 heteroatoms. The van der Waals surface area contributed by atoms with E-state index in [-0.39, 0.29) is 16.9 Å². The van der Waals surface area contributed by atoms with E-state index >= 15 is 0 Å². The van der Waals surface area contributed by atoms with Gasteiger partial charge in [0, 0.05) is 18.7 Å². The molecule has 3 rings (SSSR count). The first kappa shape index (κ1) is 20.6. The van der Waals surface area contributed by atoms with E-state index in [9.17, 15) is 28.1 Å². The zero-order valence-electron chi connectivity index (χ0n) is 15.8. The van der Waals surface area contributed by atoms with Gasteiger partial charge >= 0.3 is 6.18 Å². The van der Waals surface area contributed by atoms with Gasteiger partial charge < -0.3 is 10.2 Å². The average molecular weight is 407 g/mol. The third-order valence-electron chi connectivity index (χ3n) is 4.93. The van der Waals surface area contributed by atoms with Crippen molar-refractivity contribution in [2.45, 2.75) is 32.4 Å². The van der Waals surface area contributed by atoms with Gasteiger partial charge in [-0.05, 0) is 50.5 Å². The molecule has 1 saturated heterocycles. The highest BCUT2D eigenvalue weighted by Crippen LogP contribution is 2.37. The highest BCUT2D eigenvalue weighted by molar-refractivity contribution is 6.08. The molecule has 0 spiro atoms. The standard InChI is InChI=1S/C20H20F3N3O3/c1-13-6-5-7-15(18(13)26(28)29)19(27)24-16-12-14(20(21,22)23)8-9-17(16)25-10-3-2-4-11-25/h5-9,12H,2-4,10-11H2,1H3,(H,24,27). The van der Waals surface area contributed by atoms with Crippen LogP contribution in [0.15, 0.2) is 36.4 Å². The summed E-state index contributed by atoms with van der Waals surface area (Å²) in [6.45, 7) is 2.83. The molecule has 0 radical (unpaired) electrons. The minimum atomic E-state index is -4.57. The van der Waals surface area contributed by atoms with Crippen LogP contribution < -0.4 is 10.2 Å². The second kappa shape index (κ2) is 8.10. The summed E-state index contributed by atoms with van der Waals surface area (Å²) in [6.07, 6.45) is -1.74. The van der Waals surface area contributed by atoms with Crippen LogP contribution in [0.2, 0.25) is 0 Å². The second-order valence-corrected chi connectivity index (χ2v) is 6.96. The Morgan fingerprint density at radius 2 is 1.83 bits per heavy atom. The van der Waals surface area contributed by atoms with Crippen molar-refractivity contribution >= 4 is 23.0 Å². The van der Waals surface area contributed by atoms with E-state index in [1.807, 2.05) is 4.90 Å². The SMILES string of the molecule is Cc1cccc(C(=O)Nc2cc(C(F)(F)F)ccc2N2CCCCC2)c1[N+](=O)[O-]. The molecule has 1 aliphatic heterocycles. The monoisotopic (exact) mass is 407 g/mol. The van der Waals surface area contributed by atoms with E-state index in [0.29, 0.717) is 24.3 Å². The molecule has 1 N–H and O–H groups in total. The Morgan fingerprint density at radius 1 is 1.14 bits per heavy atom. The molecule has 6 nitrogen and oxygen atoms in total. The minimum absolute atomic E-state index is 0.0115. The van der Waals surface area contributed by atoms with Crippen molar-refractivity contribution in [1.29, 1.82) is 0 Å². The molecule has 1 fully saturated rings. The van der Waals surface area contributed by atoms with Crippen LogP contribution in [0.5, 0.6) is 0 Å². The Balaban J connectivity index is 2.01. The van der Waals surface area contributed by atoms with Crippen molar-refractivity contribution in [2.75, 3.05) is 23.3 Å². The van der Waals surface area contributed by atoms with Crippen molar-refractivity contribution in [3.8, 4) is 0 Å². The van der Waals surface area contributed by atoms with Crippen molar-refractivity contribution in [2.24, 2.45) is 0 Å². The number of hydrogen-bond acceptors (Lipinski definition) is 4. The summed E-state index contributed by atoms with van der Waals surface area (Å²) < 4.78 is 39.6. The van der Waals surface area contributed by atoms with Crippen molar-refractivity contribution < 1.29 is 22.9 Å². The molecule has 0 aliphatic carbocycles. The van der Waals surface area contributed by atoms with Gasteiger partial charge in [-0.15, -0.1) is 0 Å². The number of benzene rings is 2. The van der Waals surface area contributed by atoms with Gasteiger partial charge in [-0.25, -0.2) is 0 Å². The summed E-state index contributed by atoms with van der Waals surface area (Å²) in [6, 6.07) is 7.48. The number of carbonyl (C=O) groups is 1. The summed E-state index contributed by atoms with van der Waals surface area (Å²) in [5.41, 5.74) is -0.701. The molecule has 0 bridgehead atoms. The first-order valence-electron chi connectivity index (χ1n) is 9.20.